The van der Waals surface area contributed by atoms with Crippen molar-refractivity contribution >= 4 is 31.7 Å². The predicted molar refractivity (Wildman–Crippen MR) is 100 cm³/mol. The van der Waals surface area contributed by atoms with Gasteiger partial charge in [-0.2, -0.15) is 21.6 Å². The first kappa shape index (κ1) is 18.2. The molecule has 0 unspecified atom stereocenters. The molecule has 4 nitrogen and oxygen atoms in total. The highest BCUT2D eigenvalue weighted by atomic mass is 32.2. The van der Waals surface area contributed by atoms with E-state index in [2.05, 4.69) is 9.17 Å². The van der Waals surface area contributed by atoms with Crippen molar-refractivity contribution in [3.8, 4) is 17.1 Å². The second kappa shape index (κ2) is 6.49. The Hall–Kier alpha value is -3.13. The van der Waals surface area contributed by atoms with Crippen molar-refractivity contribution in [2.75, 3.05) is 0 Å². The van der Waals surface area contributed by atoms with E-state index < -0.39 is 21.5 Å². The largest absolute Gasteiger partial charge is 0.534 e. The van der Waals surface area contributed by atoms with E-state index in [0.29, 0.717) is 22.0 Å². The van der Waals surface area contributed by atoms with Gasteiger partial charge in [0.25, 0.3) is 0 Å². The summed E-state index contributed by atoms with van der Waals surface area (Å²) in [7, 11) is -5.82. The number of alkyl halides is 3. The van der Waals surface area contributed by atoms with Crippen LogP contribution in [0.15, 0.2) is 72.8 Å². The zero-order valence-corrected chi connectivity index (χ0v) is 15.0. The lowest BCUT2D eigenvalue weighted by molar-refractivity contribution is -0.0501. The van der Waals surface area contributed by atoms with E-state index in [1.54, 1.807) is 36.4 Å². The standard InChI is InChI=1S/C20H12F3NO3S/c21-20(22,23)28(25,26)27-18-12-14-7-2-4-10-16(14)19(24-18)17-11-5-8-13-6-1-3-9-15(13)17/h1-12H. The summed E-state index contributed by atoms with van der Waals surface area (Å²) in [6.45, 7) is 0. The Kier molecular flexibility index (Phi) is 4.23. The first-order chi connectivity index (χ1) is 13.3. The lowest BCUT2D eigenvalue weighted by Crippen LogP contribution is -2.28. The summed E-state index contributed by atoms with van der Waals surface area (Å²) in [6, 6.07) is 21.0. The third-order valence-corrected chi connectivity index (χ3v) is 5.20. The van der Waals surface area contributed by atoms with Gasteiger partial charge in [-0.05, 0) is 16.2 Å². The summed E-state index contributed by atoms with van der Waals surface area (Å²) in [5.74, 6) is -0.640. The van der Waals surface area contributed by atoms with E-state index in [-0.39, 0.29) is 0 Å². The van der Waals surface area contributed by atoms with Gasteiger partial charge in [0.1, 0.15) is 0 Å². The molecule has 0 saturated heterocycles. The van der Waals surface area contributed by atoms with Gasteiger partial charge in [0.2, 0.25) is 5.88 Å². The zero-order valence-electron chi connectivity index (χ0n) is 14.1. The molecule has 28 heavy (non-hydrogen) atoms. The lowest BCUT2D eigenvalue weighted by atomic mass is 9.98. The van der Waals surface area contributed by atoms with Gasteiger partial charge < -0.3 is 4.18 Å². The fourth-order valence-electron chi connectivity index (χ4n) is 3.01. The molecule has 1 aromatic heterocycles. The average molecular weight is 403 g/mol. The number of halogens is 3. The first-order valence-corrected chi connectivity index (χ1v) is 9.56. The molecule has 4 rings (SSSR count). The molecule has 0 aliphatic carbocycles. The Labute approximate surface area is 158 Å². The highest BCUT2D eigenvalue weighted by Crippen LogP contribution is 2.35. The van der Waals surface area contributed by atoms with Gasteiger partial charge in [0.05, 0.1) is 5.69 Å². The predicted octanol–water partition coefficient (Wildman–Crippen LogP) is 5.28. The number of rotatable bonds is 3. The number of benzene rings is 3. The SMILES string of the molecule is O=S(=O)(Oc1cc2ccccc2c(-c2cccc3ccccc23)n1)C(F)(F)F. The van der Waals surface area contributed by atoms with E-state index >= 15 is 0 Å². The van der Waals surface area contributed by atoms with Crippen LogP contribution in [0.25, 0.3) is 32.8 Å². The van der Waals surface area contributed by atoms with Crippen molar-refractivity contribution < 1.29 is 25.8 Å². The summed E-state index contributed by atoms with van der Waals surface area (Å²) in [6.07, 6.45) is 0. The van der Waals surface area contributed by atoms with Crippen LogP contribution in [0.1, 0.15) is 0 Å². The first-order valence-electron chi connectivity index (χ1n) is 8.15. The molecule has 0 aliphatic rings. The van der Waals surface area contributed by atoms with Crippen LogP contribution < -0.4 is 4.18 Å². The maximum absolute atomic E-state index is 12.7. The minimum Gasteiger partial charge on any atom is -0.355 e. The summed E-state index contributed by atoms with van der Waals surface area (Å²) < 4.78 is 65.3. The van der Waals surface area contributed by atoms with Gasteiger partial charge in [-0.3, -0.25) is 0 Å². The number of aromatic nitrogens is 1. The van der Waals surface area contributed by atoms with E-state index in [1.807, 2.05) is 30.3 Å². The van der Waals surface area contributed by atoms with E-state index in [4.69, 9.17) is 0 Å². The Morgan fingerprint density at radius 2 is 1.39 bits per heavy atom. The molecule has 0 spiro atoms. The van der Waals surface area contributed by atoms with Crippen molar-refractivity contribution in [2.45, 2.75) is 5.51 Å². The number of hydrogen-bond acceptors (Lipinski definition) is 4. The van der Waals surface area contributed by atoms with E-state index in [0.717, 1.165) is 10.8 Å². The summed E-state index contributed by atoms with van der Waals surface area (Å²) in [5.41, 5.74) is -4.55. The molecule has 0 saturated carbocycles. The molecule has 0 bridgehead atoms. The Morgan fingerprint density at radius 1 is 0.786 bits per heavy atom. The summed E-state index contributed by atoms with van der Waals surface area (Å²) >= 11 is 0. The van der Waals surface area contributed by atoms with Crippen LogP contribution >= 0.6 is 0 Å². The highest BCUT2D eigenvalue weighted by Gasteiger charge is 2.48. The minimum absolute atomic E-state index is 0.335. The zero-order chi connectivity index (χ0) is 19.9. The number of hydrogen-bond donors (Lipinski definition) is 0. The third-order valence-electron chi connectivity index (χ3n) is 4.24. The monoisotopic (exact) mass is 403 g/mol. The fraction of sp³-hybridized carbons (Fsp3) is 0.0500. The molecular weight excluding hydrogens is 391 g/mol. The van der Waals surface area contributed by atoms with Gasteiger partial charge >= 0.3 is 15.6 Å². The molecule has 0 amide bonds. The molecule has 4 aromatic rings. The normalized spacial score (nSPS) is 12.4. The number of nitrogens with zero attached hydrogens (tertiary/aromatic N) is 1. The van der Waals surface area contributed by atoms with Crippen LogP contribution in [0.3, 0.4) is 0 Å². The quantitative estimate of drug-likeness (QED) is 0.345. The molecule has 0 fully saturated rings. The highest BCUT2D eigenvalue weighted by molar-refractivity contribution is 7.87. The van der Waals surface area contributed by atoms with Crippen LogP contribution in [0, 0.1) is 0 Å². The second-order valence-electron chi connectivity index (χ2n) is 6.04. The molecule has 0 aliphatic heterocycles. The third kappa shape index (κ3) is 3.16. The van der Waals surface area contributed by atoms with Crippen LogP contribution in [-0.4, -0.2) is 18.9 Å². The van der Waals surface area contributed by atoms with Crippen molar-refractivity contribution in [3.63, 3.8) is 0 Å². The van der Waals surface area contributed by atoms with Crippen molar-refractivity contribution in [1.29, 1.82) is 0 Å². The van der Waals surface area contributed by atoms with E-state index in [1.165, 1.54) is 6.07 Å². The smallest absolute Gasteiger partial charge is 0.355 e. The van der Waals surface area contributed by atoms with Gasteiger partial charge in [0, 0.05) is 17.0 Å². The minimum atomic E-state index is -5.82. The van der Waals surface area contributed by atoms with Crippen LogP contribution in [-0.2, 0) is 10.1 Å². The molecule has 142 valence electrons. The number of pyridine rings is 1. The van der Waals surface area contributed by atoms with Crippen LogP contribution in [0.2, 0.25) is 0 Å². The van der Waals surface area contributed by atoms with Crippen molar-refractivity contribution in [2.24, 2.45) is 0 Å². The molecular formula is C20H12F3NO3S. The summed E-state index contributed by atoms with van der Waals surface area (Å²) in [4.78, 5) is 4.12. The van der Waals surface area contributed by atoms with Crippen LogP contribution in [0.5, 0.6) is 5.88 Å². The molecule has 0 N–H and O–H groups in total. The maximum atomic E-state index is 12.7. The van der Waals surface area contributed by atoms with Gasteiger partial charge in [-0.1, -0.05) is 66.7 Å². The second-order valence-corrected chi connectivity index (χ2v) is 7.58. The van der Waals surface area contributed by atoms with Gasteiger partial charge in [-0.15, -0.1) is 0 Å². The fourth-order valence-corrected chi connectivity index (χ4v) is 3.42. The van der Waals surface area contributed by atoms with Crippen LogP contribution in [0.4, 0.5) is 13.2 Å². The lowest BCUT2D eigenvalue weighted by Gasteiger charge is -2.13. The van der Waals surface area contributed by atoms with Crippen molar-refractivity contribution in [1.82, 2.24) is 4.98 Å². The molecule has 0 radical (unpaired) electrons. The van der Waals surface area contributed by atoms with Gasteiger partial charge in [-0.25, -0.2) is 4.98 Å². The Bertz CT molecular complexity index is 1300. The van der Waals surface area contributed by atoms with Crippen molar-refractivity contribution in [3.05, 3.63) is 72.8 Å². The summed E-state index contributed by atoms with van der Waals surface area (Å²) in [5, 5.41) is 2.92. The molecule has 0 atom stereocenters. The number of fused-ring (bicyclic) bond motifs is 2. The molecule has 1 heterocycles. The Balaban J connectivity index is 1.98. The topological polar surface area (TPSA) is 56.3 Å². The molecule has 8 heteroatoms. The Morgan fingerprint density at radius 3 is 2.11 bits per heavy atom. The maximum Gasteiger partial charge on any atom is 0.534 e. The van der Waals surface area contributed by atoms with E-state index in [9.17, 15) is 21.6 Å². The van der Waals surface area contributed by atoms with Gasteiger partial charge in [0.15, 0.2) is 0 Å². The molecule has 3 aromatic carbocycles. The average Bonchev–Trinajstić information content (AvgIpc) is 2.66.